The third kappa shape index (κ3) is 3.14. The Bertz CT molecular complexity index is 852. The van der Waals surface area contributed by atoms with E-state index >= 15 is 0 Å². The van der Waals surface area contributed by atoms with E-state index < -0.39 is 0 Å². The van der Waals surface area contributed by atoms with Crippen LogP contribution >= 0.6 is 12.8 Å². The second-order valence-corrected chi connectivity index (χ2v) is 7.49. The van der Waals surface area contributed by atoms with Gasteiger partial charge in [0.15, 0.2) is 11.6 Å². The van der Waals surface area contributed by atoms with Gasteiger partial charge in [-0.2, -0.15) is 0 Å². The van der Waals surface area contributed by atoms with E-state index in [1.165, 1.54) is 12.8 Å². The van der Waals surface area contributed by atoms with E-state index in [1.54, 1.807) is 11.1 Å². The van der Waals surface area contributed by atoms with E-state index in [0.29, 0.717) is 11.9 Å². The van der Waals surface area contributed by atoms with E-state index in [-0.39, 0.29) is 11.9 Å². The minimum absolute atomic E-state index is 0.134. The Balaban J connectivity index is 1.83. The highest BCUT2D eigenvalue weighted by atomic mass is 32.1. The van der Waals surface area contributed by atoms with Crippen LogP contribution in [0, 0.1) is 0 Å². The number of hydrogen-bond acceptors (Lipinski definition) is 6. The van der Waals surface area contributed by atoms with Gasteiger partial charge in [0.25, 0.3) is 0 Å². The number of likely N-dealkylation sites (N-methyl/N-ethyl adjacent to an activating group) is 1. The van der Waals surface area contributed by atoms with E-state index in [2.05, 4.69) is 34.3 Å². The van der Waals surface area contributed by atoms with Gasteiger partial charge in [0, 0.05) is 24.3 Å². The Kier molecular flexibility index (Phi) is 4.95. The first kappa shape index (κ1) is 18.1. The van der Waals surface area contributed by atoms with Crippen molar-refractivity contribution in [1.82, 2.24) is 9.97 Å². The van der Waals surface area contributed by atoms with Crippen LogP contribution in [0.4, 0.5) is 17.2 Å². The molecule has 0 unspecified atom stereocenters. The van der Waals surface area contributed by atoms with Crippen LogP contribution < -0.4 is 14.5 Å². The fourth-order valence-corrected chi connectivity index (χ4v) is 4.39. The Morgan fingerprint density at radius 2 is 2.07 bits per heavy atom. The summed E-state index contributed by atoms with van der Waals surface area (Å²) < 4.78 is 2.86. The number of benzene rings is 1. The number of carbonyl (C=O) groups is 1. The molecule has 1 aromatic carbocycles. The Labute approximate surface area is 165 Å². The zero-order chi connectivity index (χ0) is 19.0. The second kappa shape index (κ2) is 7.38. The Hall–Kier alpha value is -2.28. The molecule has 7 heteroatoms. The molecule has 1 amide bonds. The number of nitrogens with one attached hydrogen (secondary N) is 1. The first-order valence-electron chi connectivity index (χ1n) is 9.57. The highest BCUT2D eigenvalue weighted by Gasteiger charge is 2.41. The van der Waals surface area contributed by atoms with E-state index in [4.69, 9.17) is 4.98 Å². The van der Waals surface area contributed by atoms with E-state index in [9.17, 15) is 4.79 Å². The minimum atomic E-state index is -0.154. The number of amides is 1. The van der Waals surface area contributed by atoms with E-state index in [0.717, 1.165) is 42.0 Å². The molecule has 1 aliphatic carbocycles. The van der Waals surface area contributed by atoms with Crippen LogP contribution in [0.5, 0.6) is 0 Å². The van der Waals surface area contributed by atoms with Crippen molar-refractivity contribution in [2.24, 2.45) is 0 Å². The standard InChI is InChI=1S/C20H25N5OS/c1-3-16-20(26)24(2)17-12-21-18(13-7-6-8-14(11-13)23-27)22-19(17)25(16)15-9-4-5-10-15/h6-8,11-12,15-16,23,27H,3-5,9-10H2,1-2H3/t16-/m1/s1. The van der Waals surface area contributed by atoms with Gasteiger partial charge < -0.3 is 14.5 Å². The maximum absolute atomic E-state index is 12.9. The van der Waals surface area contributed by atoms with Crippen LogP contribution in [-0.4, -0.2) is 35.0 Å². The van der Waals surface area contributed by atoms with Gasteiger partial charge in [0.1, 0.15) is 11.7 Å². The lowest BCUT2D eigenvalue weighted by atomic mass is 10.0. The normalized spacial score (nSPS) is 20.1. The molecule has 1 N–H and O–H groups in total. The van der Waals surface area contributed by atoms with Gasteiger partial charge >= 0.3 is 0 Å². The van der Waals surface area contributed by atoms with E-state index in [1.807, 2.05) is 31.3 Å². The van der Waals surface area contributed by atoms with Gasteiger partial charge in [0.2, 0.25) is 5.91 Å². The molecule has 0 spiro atoms. The van der Waals surface area contributed by atoms with Crippen molar-refractivity contribution < 1.29 is 4.79 Å². The third-order valence-corrected chi connectivity index (χ3v) is 5.92. The molecule has 0 bridgehead atoms. The molecule has 1 saturated carbocycles. The SMILES string of the molecule is CC[C@@H]1C(=O)N(C)c2cnc(-c3cccc(NS)c3)nc2N1C1CCCC1. The maximum atomic E-state index is 12.9. The van der Waals surface area contributed by atoms with Gasteiger partial charge in [0.05, 0.1) is 6.20 Å². The van der Waals surface area contributed by atoms with Gasteiger partial charge in [-0.1, -0.05) is 44.7 Å². The quantitative estimate of drug-likeness (QED) is 0.784. The van der Waals surface area contributed by atoms with Crippen LogP contribution in [-0.2, 0) is 4.79 Å². The lowest BCUT2D eigenvalue weighted by molar-refractivity contribution is -0.120. The van der Waals surface area contributed by atoms with Gasteiger partial charge in [-0.3, -0.25) is 4.79 Å². The molecule has 142 valence electrons. The third-order valence-electron chi connectivity index (χ3n) is 5.66. The number of hydrogen-bond donors (Lipinski definition) is 2. The van der Waals surface area contributed by atoms with Gasteiger partial charge in [-0.25, -0.2) is 9.97 Å². The van der Waals surface area contributed by atoms with Crippen LogP contribution in [0.2, 0.25) is 0 Å². The molecule has 1 aliphatic heterocycles. The zero-order valence-electron chi connectivity index (χ0n) is 15.7. The molecule has 0 saturated heterocycles. The number of carbonyl (C=O) groups excluding carboxylic acids is 1. The van der Waals surface area contributed by atoms with Crippen LogP contribution in [0.3, 0.4) is 0 Å². The molecule has 1 atom stereocenters. The number of aromatic nitrogens is 2. The van der Waals surface area contributed by atoms with Crippen molar-refractivity contribution in [1.29, 1.82) is 0 Å². The van der Waals surface area contributed by atoms with Crippen molar-refractivity contribution in [3.8, 4) is 11.4 Å². The molecule has 2 aromatic rings. The summed E-state index contributed by atoms with van der Waals surface area (Å²) >= 11 is 4.13. The average molecular weight is 384 g/mol. The lowest BCUT2D eigenvalue weighted by Gasteiger charge is -2.43. The summed E-state index contributed by atoms with van der Waals surface area (Å²) in [6, 6.07) is 8.09. The Morgan fingerprint density at radius 3 is 2.78 bits per heavy atom. The summed E-state index contributed by atoms with van der Waals surface area (Å²) in [5, 5.41) is 0. The van der Waals surface area contributed by atoms with Crippen LogP contribution in [0.1, 0.15) is 39.0 Å². The predicted octanol–water partition coefficient (Wildman–Crippen LogP) is 3.90. The summed E-state index contributed by atoms with van der Waals surface area (Å²) in [5.74, 6) is 1.68. The number of rotatable bonds is 4. The predicted molar refractivity (Wildman–Crippen MR) is 112 cm³/mol. The average Bonchev–Trinajstić information content (AvgIpc) is 3.24. The molecule has 4 rings (SSSR count). The van der Waals surface area contributed by atoms with Crippen molar-refractivity contribution in [3.63, 3.8) is 0 Å². The van der Waals surface area contributed by atoms with Gasteiger partial charge in [-0.05, 0) is 31.4 Å². The highest BCUT2D eigenvalue weighted by Crippen LogP contribution is 2.40. The number of fused-ring (bicyclic) bond motifs is 1. The number of anilines is 3. The number of nitrogens with zero attached hydrogens (tertiary/aromatic N) is 4. The first-order chi connectivity index (χ1) is 13.1. The molecule has 2 heterocycles. The molecule has 6 nitrogen and oxygen atoms in total. The summed E-state index contributed by atoms with van der Waals surface area (Å²) in [5.41, 5.74) is 2.61. The summed E-state index contributed by atoms with van der Waals surface area (Å²) in [6.07, 6.45) is 7.22. The zero-order valence-corrected chi connectivity index (χ0v) is 16.6. The smallest absolute Gasteiger partial charge is 0.249 e. The summed E-state index contributed by atoms with van der Waals surface area (Å²) in [4.78, 5) is 26.4. The monoisotopic (exact) mass is 383 g/mol. The molecular weight excluding hydrogens is 358 g/mol. The second-order valence-electron chi connectivity index (χ2n) is 7.26. The topological polar surface area (TPSA) is 61.4 Å². The van der Waals surface area contributed by atoms with Crippen molar-refractivity contribution in [2.75, 3.05) is 21.6 Å². The molecule has 0 radical (unpaired) electrons. The largest absolute Gasteiger partial charge is 0.340 e. The lowest BCUT2D eigenvalue weighted by Crippen LogP contribution is -2.55. The molecule has 1 fully saturated rings. The molecule has 1 aromatic heterocycles. The van der Waals surface area contributed by atoms with Crippen molar-refractivity contribution in [2.45, 2.75) is 51.1 Å². The molecular formula is C20H25N5OS. The van der Waals surface area contributed by atoms with Gasteiger partial charge in [-0.15, -0.1) is 0 Å². The highest BCUT2D eigenvalue weighted by molar-refractivity contribution is 7.81. The fourth-order valence-electron chi connectivity index (χ4n) is 4.25. The fraction of sp³-hybridized carbons (Fsp3) is 0.450. The number of thiol groups is 1. The Morgan fingerprint density at radius 1 is 1.30 bits per heavy atom. The summed E-state index contributed by atoms with van der Waals surface area (Å²) in [6.45, 7) is 2.08. The molecule has 2 aliphatic rings. The van der Waals surface area contributed by atoms with Crippen LogP contribution in [0.15, 0.2) is 30.5 Å². The van der Waals surface area contributed by atoms with Crippen molar-refractivity contribution >= 4 is 35.9 Å². The maximum Gasteiger partial charge on any atom is 0.249 e. The van der Waals surface area contributed by atoms with Crippen molar-refractivity contribution in [3.05, 3.63) is 30.5 Å². The first-order valence-corrected chi connectivity index (χ1v) is 10.0. The summed E-state index contributed by atoms with van der Waals surface area (Å²) in [7, 11) is 1.82. The molecule has 27 heavy (non-hydrogen) atoms. The van der Waals surface area contributed by atoms with Crippen LogP contribution in [0.25, 0.3) is 11.4 Å². The minimum Gasteiger partial charge on any atom is -0.340 e.